The van der Waals surface area contributed by atoms with Crippen molar-refractivity contribution >= 4 is 0 Å². The second-order valence-corrected chi connectivity index (χ2v) is 2.23. The lowest BCUT2D eigenvalue weighted by Crippen LogP contribution is -2.38. The minimum Gasteiger partial charge on any atom is -0.367 e. The summed E-state index contributed by atoms with van der Waals surface area (Å²) in [5.74, 6) is 0.120. The molecule has 1 unspecified atom stereocenters. The van der Waals surface area contributed by atoms with E-state index in [1.54, 1.807) is 0 Å². The van der Waals surface area contributed by atoms with Crippen molar-refractivity contribution in [2.24, 2.45) is 11.7 Å². The molecule has 0 aromatic rings. The molecule has 0 aliphatic heterocycles. The summed E-state index contributed by atoms with van der Waals surface area (Å²) in [6.07, 6.45) is -1.38. The van der Waals surface area contributed by atoms with Crippen molar-refractivity contribution < 1.29 is 10.2 Å². The van der Waals surface area contributed by atoms with E-state index in [4.69, 9.17) is 15.9 Å². The first kappa shape index (κ1) is 7.88. The first-order valence-corrected chi connectivity index (χ1v) is 2.67. The lowest BCUT2D eigenvalue weighted by Gasteiger charge is -2.16. The van der Waals surface area contributed by atoms with Gasteiger partial charge in [0.25, 0.3) is 0 Å². The smallest absolute Gasteiger partial charge is 0.167 e. The van der Waals surface area contributed by atoms with Crippen LogP contribution in [-0.4, -0.2) is 22.5 Å². The van der Waals surface area contributed by atoms with Gasteiger partial charge in [-0.2, -0.15) is 0 Å². The molecule has 50 valence electrons. The predicted molar refractivity (Wildman–Crippen MR) is 31.0 cm³/mol. The SMILES string of the molecule is CC(C)C(N)C(O)O. The third-order valence-electron chi connectivity index (χ3n) is 1.11. The number of hydrogen-bond donors (Lipinski definition) is 3. The minimum atomic E-state index is -1.38. The molecule has 0 saturated carbocycles. The van der Waals surface area contributed by atoms with E-state index in [1.807, 2.05) is 13.8 Å². The molecule has 8 heavy (non-hydrogen) atoms. The maximum absolute atomic E-state index is 8.42. The number of nitrogens with two attached hydrogens (primary N) is 1. The quantitative estimate of drug-likeness (QED) is 0.420. The highest BCUT2D eigenvalue weighted by Gasteiger charge is 2.13. The zero-order valence-corrected chi connectivity index (χ0v) is 5.20. The van der Waals surface area contributed by atoms with Gasteiger partial charge in [-0.3, -0.25) is 0 Å². The molecule has 1 atom stereocenters. The highest BCUT2D eigenvalue weighted by molar-refractivity contribution is 4.65. The van der Waals surface area contributed by atoms with Gasteiger partial charge in [0.1, 0.15) is 0 Å². The van der Waals surface area contributed by atoms with Gasteiger partial charge in [-0.05, 0) is 5.92 Å². The van der Waals surface area contributed by atoms with E-state index in [0.717, 1.165) is 0 Å². The van der Waals surface area contributed by atoms with Crippen molar-refractivity contribution in [1.29, 1.82) is 0 Å². The molecule has 0 aliphatic carbocycles. The van der Waals surface area contributed by atoms with Crippen LogP contribution in [0.4, 0.5) is 0 Å². The third kappa shape index (κ3) is 2.26. The standard InChI is InChI=1S/C5H13NO2/c1-3(2)4(6)5(7)8/h3-5,7-8H,6H2,1-2H3. The highest BCUT2D eigenvalue weighted by atomic mass is 16.5. The Balaban J connectivity index is 3.46. The van der Waals surface area contributed by atoms with Crippen LogP contribution in [0.1, 0.15) is 13.8 Å². The summed E-state index contributed by atoms with van der Waals surface area (Å²) in [6, 6.07) is -0.519. The van der Waals surface area contributed by atoms with Gasteiger partial charge in [0.15, 0.2) is 6.29 Å². The summed E-state index contributed by atoms with van der Waals surface area (Å²) in [7, 11) is 0. The van der Waals surface area contributed by atoms with Crippen molar-refractivity contribution in [2.45, 2.75) is 26.2 Å². The van der Waals surface area contributed by atoms with E-state index in [-0.39, 0.29) is 5.92 Å². The topological polar surface area (TPSA) is 66.5 Å². The summed E-state index contributed by atoms with van der Waals surface area (Å²) in [4.78, 5) is 0. The first-order chi connectivity index (χ1) is 3.55. The normalized spacial score (nSPS) is 15.4. The molecule has 4 N–H and O–H groups in total. The lowest BCUT2D eigenvalue weighted by atomic mass is 10.1. The molecule has 0 heterocycles. The van der Waals surface area contributed by atoms with Crippen LogP contribution in [-0.2, 0) is 0 Å². The second kappa shape index (κ2) is 3.02. The zero-order chi connectivity index (χ0) is 6.73. The largest absolute Gasteiger partial charge is 0.367 e. The van der Waals surface area contributed by atoms with Gasteiger partial charge in [-0.25, -0.2) is 0 Å². The molecule has 0 amide bonds. The summed E-state index contributed by atoms with van der Waals surface area (Å²) in [5.41, 5.74) is 5.26. The lowest BCUT2D eigenvalue weighted by molar-refractivity contribution is -0.0675. The van der Waals surface area contributed by atoms with Crippen LogP contribution in [0.25, 0.3) is 0 Å². The van der Waals surface area contributed by atoms with E-state index in [2.05, 4.69) is 0 Å². The fourth-order valence-corrected chi connectivity index (χ4v) is 0.344. The van der Waals surface area contributed by atoms with Gasteiger partial charge >= 0.3 is 0 Å². The monoisotopic (exact) mass is 119 g/mol. The van der Waals surface area contributed by atoms with E-state index in [0.29, 0.717) is 0 Å². The summed E-state index contributed by atoms with van der Waals surface area (Å²) in [5, 5.41) is 16.8. The maximum Gasteiger partial charge on any atom is 0.167 e. The van der Waals surface area contributed by atoms with Crippen molar-refractivity contribution in [3.05, 3.63) is 0 Å². The van der Waals surface area contributed by atoms with Crippen molar-refractivity contribution in [3.8, 4) is 0 Å². The molecule has 0 aromatic carbocycles. The van der Waals surface area contributed by atoms with E-state index < -0.39 is 12.3 Å². The Morgan fingerprint density at radius 2 is 1.62 bits per heavy atom. The Labute approximate surface area is 49.1 Å². The van der Waals surface area contributed by atoms with E-state index >= 15 is 0 Å². The number of rotatable bonds is 2. The van der Waals surface area contributed by atoms with Crippen LogP contribution in [0, 0.1) is 5.92 Å². The van der Waals surface area contributed by atoms with Gasteiger partial charge in [-0.1, -0.05) is 13.8 Å². The molecule has 3 nitrogen and oxygen atoms in total. The van der Waals surface area contributed by atoms with Crippen molar-refractivity contribution in [1.82, 2.24) is 0 Å². The average molecular weight is 119 g/mol. The Morgan fingerprint density at radius 1 is 1.25 bits per heavy atom. The van der Waals surface area contributed by atoms with Crippen LogP contribution in [0.5, 0.6) is 0 Å². The third-order valence-corrected chi connectivity index (χ3v) is 1.11. The fraction of sp³-hybridized carbons (Fsp3) is 1.00. The maximum atomic E-state index is 8.42. The molecule has 0 aliphatic rings. The summed E-state index contributed by atoms with van der Waals surface area (Å²) >= 11 is 0. The van der Waals surface area contributed by atoms with Gasteiger partial charge in [-0.15, -0.1) is 0 Å². The van der Waals surface area contributed by atoms with Gasteiger partial charge in [0.2, 0.25) is 0 Å². The molecule has 3 heteroatoms. The molecule has 0 radical (unpaired) electrons. The predicted octanol–water partition coefficient (Wildman–Crippen LogP) is -0.720. The molecular formula is C5H13NO2. The minimum absolute atomic E-state index is 0.120. The Morgan fingerprint density at radius 3 is 1.62 bits per heavy atom. The van der Waals surface area contributed by atoms with E-state index in [9.17, 15) is 0 Å². The molecule has 0 aromatic heterocycles. The molecule has 0 spiro atoms. The average Bonchev–Trinajstić information content (AvgIpc) is 1.64. The Hall–Kier alpha value is -0.120. The molecule has 0 saturated heterocycles. The van der Waals surface area contributed by atoms with Crippen LogP contribution in [0.2, 0.25) is 0 Å². The van der Waals surface area contributed by atoms with Gasteiger partial charge in [0, 0.05) is 0 Å². The fourth-order valence-electron chi connectivity index (χ4n) is 0.344. The van der Waals surface area contributed by atoms with Crippen LogP contribution < -0.4 is 5.73 Å². The number of aliphatic hydroxyl groups is 2. The van der Waals surface area contributed by atoms with Crippen molar-refractivity contribution in [2.75, 3.05) is 0 Å². The van der Waals surface area contributed by atoms with Gasteiger partial charge in [0.05, 0.1) is 6.04 Å². The Bertz CT molecular complexity index is 55.4. The van der Waals surface area contributed by atoms with Crippen molar-refractivity contribution in [3.63, 3.8) is 0 Å². The molecule has 0 fully saturated rings. The number of aliphatic hydroxyl groups excluding tert-OH is 1. The van der Waals surface area contributed by atoms with E-state index in [1.165, 1.54) is 0 Å². The Kier molecular flexibility index (Phi) is 2.97. The highest BCUT2D eigenvalue weighted by Crippen LogP contribution is 1.99. The van der Waals surface area contributed by atoms with Crippen LogP contribution in [0.15, 0.2) is 0 Å². The second-order valence-electron chi connectivity index (χ2n) is 2.23. The molecular weight excluding hydrogens is 106 g/mol. The van der Waals surface area contributed by atoms with Crippen LogP contribution in [0.3, 0.4) is 0 Å². The summed E-state index contributed by atoms with van der Waals surface area (Å²) < 4.78 is 0. The van der Waals surface area contributed by atoms with Gasteiger partial charge < -0.3 is 15.9 Å². The number of hydrogen-bond acceptors (Lipinski definition) is 3. The summed E-state index contributed by atoms with van der Waals surface area (Å²) in [6.45, 7) is 3.67. The molecule has 0 rings (SSSR count). The molecule has 0 bridgehead atoms. The van der Waals surface area contributed by atoms with Crippen LogP contribution >= 0.6 is 0 Å². The zero-order valence-electron chi connectivity index (χ0n) is 5.20. The first-order valence-electron chi connectivity index (χ1n) is 2.67.